The van der Waals surface area contributed by atoms with Crippen LogP contribution >= 0.6 is 0 Å². The summed E-state index contributed by atoms with van der Waals surface area (Å²) >= 11 is 0. The number of aromatic nitrogens is 1. The van der Waals surface area contributed by atoms with E-state index in [0.717, 1.165) is 22.0 Å². The number of nitrogens with one attached hydrogen (secondary N) is 1. The zero-order valence-electron chi connectivity index (χ0n) is 16.8. The Hall–Kier alpha value is -1.94. The summed E-state index contributed by atoms with van der Waals surface area (Å²) in [6, 6.07) is 5.92. The first-order chi connectivity index (χ1) is 13.1. The van der Waals surface area contributed by atoms with Crippen LogP contribution in [0.2, 0.25) is 0 Å². The Labute approximate surface area is 166 Å². The van der Waals surface area contributed by atoms with Crippen LogP contribution in [0.5, 0.6) is 0 Å². The predicted molar refractivity (Wildman–Crippen MR) is 108 cm³/mol. The van der Waals surface area contributed by atoms with Gasteiger partial charge in [-0.05, 0) is 50.5 Å². The van der Waals surface area contributed by atoms with Crippen molar-refractivity contribution in [1.29, 1.82) is 0 Å². The highest BCUT2D eigenvalue weighted by Gasteiger charge is 2.33. The number of nitrogens with zero attached hydrogens (tertiary/aromatic N) is 3. The maximum Gasteiger partial charge on any atom is 0.282 e. The van der Waals surface area contributed by atoms with Crippen molar-refractivity contribution < 1.29 is 18.0 Å². The number of fused-ring (bicyclic) bond motifs is 1. The number of hydrogen-bond donors (Lipinski definition) is 1. The summed E-state index contributed by atoms with van der Waals surface area (Å²) in [7, 11) is -1.76. The second-order valence-corrected chi connectivity index (χ2v) is 10.1. The van der Waals surface area contributed by atoms with Crippen molar-refractivity contribution >= 4 is 27.5 Å². The number of amides is 1. The van der Waals surface area contributed by atoms with Crippen molar-refractivity contribution in [2.24, 2.45) is 0 Å². The quantitative estimate of drug-likeness (QED) is 0.560. The molecule has 1 N–H and O–H groups in total. The molecule has 1 fully saturated rings. The summed E-state index contributed by atoms with van der Waals surface area (Å²) in [6.45, 7) is 7.47. The Morgan fingerprint density at radius 3 is 2.64 bits per heavy atom. The number of H-pyrrole nitrogens is 1. The second kappa shape index (κ2) is 7.82. The average Bonchev–Trinajstić information content (AvgIpc) is 3.13. The lowest BCUT2D eigenvalue weighted by Crippen LogP contribution is -2.34. The molecule has 3 rings (SSSR count). The molecule has 2 heterocycles. The molecule has 154 valence electrons. The highest BCUT2D eigenvalue weighted by atomic mass is 32.2. The molecule has 1 aromatic carbocycles. The van der Waals surface area contributed by atoms with Gasteiger partial charge in [0.25, 0.3) is 10.2 Å². The number of hydrogen-bond acceptors (Lipinski definition) is 4. The van der Waals surface area contributed by atoms with Gasteiger partial charge >= 0.3 is 0 Å². The minimum absolute atomic E-state index is 0.348. The van der Waals surface area contributed by atoms with Gasteiger partial charge in [-0.2, -0.15) is 17.0 Å². The van der Waals surface area contributed by atoms with Gasteiger partial charge < -0.3 is 4.98 Å². The smallest absolute Gasteiger partial charge is 0.282 e. The molecule has 0 spiro atoms. The van der Waals surface area contributed by atoms with E-state index in [1.807, 2.05) is 45.2 Å². The molecule has 0 bridgehead atoms. The minimum atomic E-state index is -3.36. The number of carbonyl (C=O) groups is 1. The van der Waals surface area contributed by atoms with E-state index in [2.05, 4.69) is 4.98 Å². The Morgan fingerprint density at radius 2 is 2.04 bits per heavy atom. The molecule has 0 aliphatic carbocycles. The number of aromatic amines is 1. The van der Waals surface area contributed by atoms with E-state index < -0.39 is 15.8 Å². The first-order valence-corrected chi connectivity index (χ1v) is 10.7. The SMILES string of the molecule is CN1CCN(Cc2ccc3[nH]cc(CCN(C=O)OC(C)(C)C)c3c2)S1(=O)=O. The van der Waals surface area contributed by atoms with Gasteiger partial charge in [0.15, 0.2) is 0 Å². The zero-order valence-corrected chi connectivity index (χ0v) is 17.6. The van der Waals surface area contributed by atoms with Crippen LogP contribution in [0.4, 0.5) is 0 Å². The van der Waals surface area contributed by atoms with Crippen molar-refractivity contribution in [3.05, 3.63) is 35.5 Å². The van der Waals surface area contributed by atoms with Gasteiger partial charge in [-0.3, -0.25) is 9.63 Å². The van der Waals surface area contributed by atoms with Crippen LogP contribution in [0.1, 0.15) is 31.9 Å². The normalized spacial score (nSPS) is 18.0. The fourth-order valence-electron chi connectivity index (χ4n) is 3.28. The van der Waals surface area contributed by atoms with E-state index in [-0.39, 0.29) is 0 Å². The third-order valence-electron chi connectivity index (χ3n) is 4.69. The van der Waals surface area contributed by atoms with Crippen LogP contribution in [0.15, 0.2) is 24.4 Å². The summed E-state index contributed by atoms with van der Waals surface area (Å²) in [5.41, 5.74) is 2.53. The van der Waals surface area contributed by atoms with Crippen molar-refractivity contribution in [3.8, 4) is 0 Å². The van der Waals surface area contributed by atoms with Gasteiger partial charge in [-0.1, -0.05) is 6.07 Å². The largest absolute Gasteiger partial charge is 0.361 e. The third-order valence-corrected chi connectivity index (χ3v) is 6.62. The summed E-state index contributed by atoms with van der Waals surface area (Å²) in [6.07, 6.45) is 3.25. The zero-order chi connectivity index (χ0) is 20.5. The standard InChI is InChI=1S/C19H28N4O4S/c1-19(2,3)27-22(14-24)8-7-16-12-20-18-6-5-15(11-17(16)18)13-23-10-9-21(4)28(23,25)26/h5-6,11-12,14,20H,7-10,13H2,1-4H3. The topological polar surface area (TPSA) is 85.9 Å². The number of carbonyl (C=O) groups excluding carboxylic acids is 1. The fourth-order valence-corrected chi connectivity index (χ4v) is 4.61. The van der Waals surface area contributed by atoms with Crippen LogP contribution in [0.3, 0.4) is 0 Å². The molecule has 1 saturated heterocycles. The van der Waals surface area contributed by atoms with Gasteiger partial charge in [-0.15, -0.1) is 0 Å². The molecule has 28 heavy (non-hydrogen) atoms. The number of benzene rings is 1. The summed E-state index contributed by atoms with van der Waals surface area (Å²) < 4.78 is 27.5. The van der Waals surface area contributed by atoms with Gasteiger partial charge in [0.2, 0.25) is 6.41 Å². The molecule has 0 unspecified atom stereocenters. The first kappa shape index (κ1) is 20.8. The summed E-state index contributed by atoms with van der Waals surface area (Å²) in [5, 5.41) is 2.35. The molecular formula is C19H28N4O4S. The maximum atomic E-state index is 12.3. The maximum absolute atomic E-state index is 12.3. The summed E-state index contributed by atoms with van der Waals surface area (Å²) in [5.74, 6) is 0. The van der Waals surface area contributed by atoms with Gasteiger partial charge in [0.1, 0.15) is 0 Å². The van der Waals surface area contributed by atoms with Crippen molar-refractivity contribution in [2.75, 3.05) is 26.7 Å². The predicted octanol–water partition coefficient (Wildman–Crippen LogP) is 1.89. The monoisotopic (exact) mass is 408 g/mol. The number of rotatable bonds is 7. The second-order valence-electron chi connectivity index (χ2n) is 8.06. The van der Waals surface area contributed by atoms with E-state index in [1.54, 1.807) is 7.05 Å². The molecule has 0 radical (unpaired) electrons. The van der Waals surface area contributed by atoms with Crippen LogP contribution in [0, 0.1) is 0 Å². The molecule has 1 amide bonds. The van der Waals surface area contributed by atoms with Gasteiger partial charge in [-0.25, -0.2) is 5.06 Å². The summed E-state index contributed by atoms with van der Waals surface area (Å²) in [4.78, 5) is 20.1. The van der Waals surface area contributed by atoms with E-state index in [4.69, 9.17) is 4.84 Å². The van der Waals surface area contributed by atoms with Crippen LogP contribution in [-0.4, -0.2) is 65.8 Å². The molecular weight excluding hydrogens is 380 g/mol. The molecule has 0 atom stereocenters. The third kappa shape index (κ3) is 4.54. The molecule has 9 heteroatoms. The van der Waals surface area contributed by atoms with Gasteiger partial charge in [0.05, 0.1) is 12.1 Å². The molecule has 1 aliphatic heterocycles. The lowest BCUT2D eigenvalue weighted by Gasteiger charge is -2.26. The Bertz CT molecular complexity index is 948. The highest BCUT2D eigenvalue weighted by Crippen LogP contribution is 2.24. The lowest BCUT2D eigenvalue weighted by molar-refractivity contribution is -0.215. The Kier molecular flexibility index (Phi) is 5.81. The Morgan fingerprint density at radius 1 is 1.29 bits per heavy atom. The van der Waals surface area contributed by atoms with Crippen molar-refractivity contribution in [2.45, 2.75) is 39.3 Å². The molecule has 1 aromatic heterocycles. The van der Waals surface area contributed by atoms with Crippen molar-refractivity contribution in [1.82, 2.24) is 18.7 Å². The molecule has 1 aliphatic rings. The van der Waals surface area contributed by atoms with E-state index >= 15 is 0 Å². The molecule has 8 nitrogen and oxygen atoms in total. The van der Waals surface area contributed by atoms with Crippen molar-refractivity contribution in [3.63, 3.8) is 0 Å². The van der Waals surface area contributed by atoms with Crippen LogP contribution < -0.4 is 0 Å². The van der Waals surface area contributed by atoms with E-state index in [0.29, 0.717) is 39.0 Å². The lowest BCUT2D eigenvalue weighted by atomic mass is 10.1. The molecule has 0 saturated carbocycles. The van der Waals surface area contributed by atoms with Crippen LogP contribution in [-0.2, 0) is 32.8 Å². The minimum Gasteiger partial charge on any atom is -0.361 e. The van der Waals surface area contributed by atoms with E-state index in [1.165, 1.54) is 13.7 Å². The Balaban J connectivity index is 1.75. The highest BCUT2D eigenvalue weighted by molar-refractivity contribution is 7.86. The average molecular weight is 409 g/mol. The van der Waals surface area contributed by atoms with E-state index in [9.17, 15) is 13.2 Å². The first-order valence-electron chi connectivity index (χ1n) is 9.31. The number of hydroxylamine groups is 2. The molecule has 2 aromatic rings. The van der Waals surface area contributed by atoms with Gasteiger partial charge in [0, 0.05) is 43.8 Å². The fraction of sp³-hybridized carbons (Fsp3) is 0.526. The van der Waals surface area contributed by atoms with Crippen LogP contribution in [0.25, 0.3) is 10.9 Å². The number of likely N-dealkylation sites (N-methyl/N-ethyl adjacent to an activating group) is 1.